The number of amides is 2. The highest BCUT2D eigenvalue weighted by Gasteiger charge is 2.50. The minimum atomic E-state index is -2.24. The zero-order valence-electron chi connectivity index (χ0n) is 27.6. The molecule has 2 aromatic carbocycles. The Hall–Kier alpha value is -5.04. The molecular weight excluding hydrogens is 676 g/mol. The third kappa shape index (κ3) is 6.39. The molecule has 0 saturated carbocycles. The molecule has 1 fully saturated rings. The maximum atomic E-state index is 13.6. The van der Waals surface area contributed by atoms with Gasteiger partial charge in [-0.3, -0.25) is 28.9 Å². The lowest BCUT2D eigenvalue weighted by molar-refractivity contribution is -0.247. The zero-order chi connectivity index (χ0) is 37.7. The lowest BCUT2D eigenvalue weighted by Crippen LogP contribution is -2.53. The van der Waals surface area contributed by atoms with Gasteiger partial charge < -0.3 is 50.6 Å². The van der Waals surface area contributed by atoms with Gasteiger partial charge in [-0.25, -0.2) is 4.79 Å². The van der Waals surface area contributed by atoms with Gasteiger partial charge in [-0.15, -0.1) is 0 Å². The van der Waals surface area contributed by atoms with E-state index in [9.17, 15) is 54.3 Å². The van der Waals surface area contributed by atoms with Crippen LogP contribution < -0.4 is 10.5 Å². The molecule has 17 heteroatoms. The van der Waals surface area contributed by atoms with Gasteiger partial charge in [0.2, 0.25) is 5.78 Å². The number of fused-ring (bicyclic) bond motifs is 3. The number of phenolic OH excluding ortho intramolecular Hbond substituents is 2. The van der Waals surface area contributed by atoms with Crippen LogP contribution in [-0.2, 0) is 35.1 Å². The van der Waals surface area contributed by atoms with Crippen LogP contribution in [0, 0.1) is 0 Å². The van der Waals surface area contributed by atoms with Crippen LogP contribution in [0.25, 0.3) is 0 Å². The number of benzene rings is 2. The van der Waals surface area contributed by atoms with E-state index >= 15 is 0 Å². The topological polar surface area (TPSA) is 281 Å². The molecule has 6 rings (SSSR count). The van der Waals surface area contributed by atoms with Crippen LogP contribution in [0.5, 0.6) is 17.2 Å². The molecule has 272 valence electrons. The van der Waals surface area contributed by atoms with E-state index < -0.39 is 119 Å². The molecule has 0 spiro atoms. The maximum Gasteiger partial charge on any atom is 0.326 e. The summed E-state index contributed by atoms with van der Waals surface area (Å²) in [7, 11) is 1.32. The average molecular weight is 713 g/mol. The third-order valence-electron chi connectivity index (χ3n) is 9.39. The van der Waals surface area contributed by atoms with Crippen LogP contribution >= 0.6 is 0 Å². The summed E-state index contributed by atoms with van der Waals surface area (Å²) in [6.07, 6.45) is -3.01. The number of imide groups is 1. The van der Waals surface area contributed by atoms with E-state index in [1.807, 2.05) is 0 Å². The fourth-order valence-electron chi connectivity index (χ4n) is 6.65. The first-order valence-corrected chi connectivity index (χ1v) is 15.7. The molecule has 2 aliphatic heterocycles. The number of phenols is 2. The minimum absolute atomic E-state index is 0.0173. The third-order valence-corrected chi connectivity index (χ3v) is 9.39. The highest BCUT2D eigenvalue weighted by molar-refractivity contribution is 6.31. The van der Waals surface area contributed by atoms with E-state index in [0.717, 1.165) is 12.2 Å². The number of rotatable bonds is 7. The molecule has 2 aromatic rings. The molecule has 2 aliphatic carbocycles. The number of aliphatic hydroxyl groups is 3. The van der Waals surface area contributed by atoms with Crippen molar-refractivity contribution >= 4 is 35.1 Å². The van der Waals surface area contributed by atoms with Gasteiger partial charge in [0.15, 0.2) is 17.9 Å². The Bertz CT molecular complexity index is 1840. The summed E-state index contributed by atoms with van der Waals surface area (Å²) in [5, 5.41) is 62.2. The van der Waals surface area contributed by atoms with Crippen molar-refractivity contribution in [1.29, 1.82) is 0 Å². The monoisotopic (exact) mass is 712 g/mol. The van der Waals surface area contributed by atoms with Crippen LogP contribution in [-0.4, -0.2) is 121 Å². The van der Waals surface area contributed by atoms with E-state index in [1.54, 1.807) is 6.92 Å². The van der Waals surface area contributed by atoms with E-state index in [0.29, 0.717) is 4.90 Å². The number of nitrogens with two attached hydrogens (primary N) is 1. The lowest BCUT2D eigenvalue weighted by Gasteiger charge is -2.42. The Morgan fingerprint density at radius 3 is 2.25 bits per heavy atom. The van der Waals surface area contributed by atoms with Gasteiger partial charge in [0.25, 0.3) is 11.8 Å². The first-order valence-electron chi connectivity index (χ1n) is 15.7. The second kappa shape index (κ2) is 13.9. The molecule has 51 heavy (non-hydrogen) atoms. The van der Waals surface area contributed by atoms with Gasteiger partial charge in [-0.2, -0.15) is 0 Å². The van der Waals surface area contributed by atoms with Gasteiger partial charge in [0.1, 0.15) is 35.5 Å². The molecule has 0 aromatic heterocycles. The summed E-state index contributed by atoms with van der Waals surface area (Å²) in [4.78, 5) is 72.6. The number of carbonyl (C=O) groups is 6. The molecule has 7 atom stereocenters. The predicted octanol–water partition coefficient (Wildman–Crippen LogP) is -0.614. The number of hydrogen-bond acceptors (Lipinski definition) is 15. The van der Waals surface area contributed by atoms with Crippen molar-refractivity contribution in [2.75, 3.05) is 13.7 Å². The van der Waals surface area contributed by atoms with Crippen LogP contribution in [0.3, 0.4) is 0 Å². The number of ether oxygens (including phenoxy) is 3. The number of hydrogen-bond donors (Lipinski definition) is 7. The van der Waals surface area contributed by atoms with Gasteiger partial charge in [0.05, 0.1) is 42.1 Å². The predicted molar refractivity (Wildman–Crippen MR) is 170 cm³/mol. The summed E-state index contributed by atoms with van der Waals surface area (Å²) in [5.41, 5.74) is 2.37. The van der Waals surface area contributed by atoms with Crippen LogP contribution in [0.2, 0.25) is 0 Å². The van der Waals surface area contributed by atoms with E-state index in [2.05, 4.69) is 0 Å². The van der Waals surface area contributed by atoms with Crippen molar-refractivity contribution in [1.82, 2.24) is 4.90 Å². The van der Waals surface area contributed by atoms with Crippen LogP contribution in [0.1, 0.15) is 75.8 Å². The highest BCUT2D eigenvalue weighted by Crippen LogP contribution is 2.52. The minimum Gasteiger partial charge on any atom is -0.507 e. The molecule has 2 amide bonds. The second-order valence-corrected chi connectivity index (χ2v) is 12.6. The largest absolute Gasteiger partial charge is 0.507 e. The van der Waals surface area contributed by atoms with E-state index in [-0.39, 0.29) is 34.4 Å². The van der Waals surface area contributed by atoms with Crippen molar-refractivity contribution in [2.24, 2.45) is 5.73 Å². The van der Waals surface area contributed by atoms with Crippen molar-refractivity contribution in [3.63, 3.8) is 0 Å². The van der Waals surface area contributed by atoms with Crippen LogP contribution in [0.4, 0.5) is 0 Å². The zero-order valence-corrected chi connectivity index (χ0v) is 27.6. The van der Waals surface area contributed by atoms with Crippen molar-refractivity contribution in [2.45, 2.75) is 75.4 Å². The summed E-state index contributed by atoms with van der Waals surface area (Å²) < 4.78 is 17.0. The van der Waals surface area contributed by atoms with Crippen molar-refractivity contribution in [3.05, 3.63) is 63.7 Å². The number of aliphatic hydroxyl groups excluding tert-OH is 2. The first kappa shape index (κ1) is 37.2. The molecule has 0 bridgehead atoms. The molecule has 1 saturated heterocycles. The SMILES string of the molecule is CC(C(=O)O)N1C(=O)C=CC1=O.COc1cccc2c1C(=O)c1c(O)c3c(c(O)c1C2=O)C[C@@](O)(C(=O)CO)C[C@@H]3O[C@H]1C[C@H](N)[C@H](O)[C@H](C)O1. The highest BCUT2D eigenvalue weighted by atomic mass is 16.7. The number of ketones is 3. The summed E-state index contributed by atoms with van der Waals surface area (Å²) in [6.45, 7) is 1.84. The van der Waals surface area contributed by atoms with Gasteiger partial charge in [0, 0.05) is 54.1 Å². The number of carboxylic acids is 1. The summed E-state index contributed by atoms with van der Waals surface area (Å²) >= 11 is 0. The number of carbonyl (C=O) groups excluding carboxylic acids is 5. The smallest absolute Gasteiger partial charge is 0.326 e. The summed E-state index contributed by atoms with van der Waals surface area (Å²) in [5.74, 6) is -6.12. The van der Waals surface area contributed by atoms with Gasteiger partial charge in [-0.1, -0.05) is 12.1 Å². The standard InChI is InChI=1S/C27H29NO11.C7H7NO4/c1-10-22(31)13(28)6-17(38-10)39-15-8-27(36,16(30)9-29)7-12-19(15)26(35)21-20(24(12)33)23(32)11-4-3-5-14(37-2)18(11)25(21)34;1-4(7(11)12)8-5(9)2-3-6(8)10/h3-5,10,13,15,17,22,29,31,33,35-36H,6-9,28H2,1-2H3;2-4H,1H3,(H,11,12)/t10-,13-,15-,17-,22+,27-;/m0./s1. The molecule has 4 aliphatic rings. The average Bonchev–Trinajstić information content (AvgIpc) is 3.43. The van der Waals surface area contributed by atoms with Crippen molar-refractivity contribution < 1.29 is 73.6 Å². The normalized spacial score (nSPS) is 27.2. The Labute approximate surface area is 289 Å². The molecule has 1 unspecified atom stereocenters. The molecule has 8 N–H and O–H groups in total. The first-order chi connectivity index (χ1) is 24.0. The van der Waals surface area contributed by atoms with E-state index in [4.69, 9.17) is 25.1 Å². The Kier molecular flexibility index (Phi) is 10.2. The number of carboxylic acid groups (broad SMARTS) is 1. The quantitative estimate of drug-likeness (QED) is 0.119. The molecule has 2 heterocycles. The number of Topliss-reactive ketones (excluding diaryl/α,β-unsaturated/α-hetero) is 1. The maximum absolute atomic E-state index is 13.6. The fourth-order valence-corrected chi connectivity index (χ4v) is 6.65. The fraction of sp³-hybridized carbons (Fsp3) is 0.412. The van der Waals surface area contributed by atoms with Gasteiger partial charge in [-0.05, 0) is 19.9 Å². The molecular formula is C34H36N2O15. The molecule has 0 radical (unpaired) electrons. The number of aromatic hydroxyl groups is 2. The van der Waals surface area contributed by atoms with Gasteiger partial charge >= 0.3 is 5.97 Å². The number of aliphatic carboxylic acids is 1. The van der Waals surface area contributed by atoms with Crippen molar-refractivity contribution in [3.8, 4) is 17.2 Å². The summed E-state index contributed by atoms with van der Waals surface area (Å²) in [6, 6.07) is 2.54. The molecule has 17 nitrogen and oxygen atoms in total. The van der Waals surface area contributed by atoms with Crippen LogP contribution in [0.15, 0.2) is 30.4 Å². The number of methoxy groups -OCH3 is 1. The lowest BCUT2D eigenvalue weighted by atomic mass is 9.72. The number of nitrogens with zero attached hydrogens (tertiary/aromatic N) is 1. The van der Waals surface area contributed by atoms with E-state index in [1.165, 1.54) is 32.2 Å². The Balaban J connectivity index is 0.000000357. The second-order valence-electron chi connectivity index (χ2n) is 12.6. The Morgan fingerprint density at radius 1 is 1.06 bits per heavy atom. The Morgan fingerprint density at radius 2 is 1.69 bits per heavy atom.